The third-order valence-electron chi connectivity index (χ3n) is 2.50. The molecule has 1 atom stereocenters. The molecule has 6 heteroatoms. The van der Waals surface area contributed by atoms with Crippen LogP contribution in [0.5, 0.6) is 0 Å². The molecule has 0 bridgehead atoms. The number of carboxylic acid groups (broad SMARTS) is 1. The lowest BCUT2D eigenvalue weighted by molar-refractivity contribution is -0.147. The maximum Gasteiger partial charge on any atom is 0.337 e. The van der Waals surface area contributed by atoms with Gasteiger partial charge < -0.3 is 9.84 Å². The first-order chi connectivity index (χ1) is 8.90. The van der Waals surface area contributed by atoms with E-state index in [2.05, 4.69) is 0 Å². The second-order valence-electron chi connectivity index (χ2n) is 3.80. The zero-order valence-corrected chi connectivity index (χ0v) is 11.2. The number of Topliss-reactive ketones (excluding diaryl/α,β-unsaturated/α-hetero) is 1. The van der Waals surface area contributed by atoms with Crippen molar-refractivity contribution in [3.8, 4) is 0 Å². The van der Waals surface area contributed by atoms with E-state index in [1.807, 2.05) is 0 Å². The van der Waals surface area contributed by atoms with Crippen LogP contribution in [0.1, 0.15) is 35.7 Å². The predicted octanol–water partition coefficient (Wildman–Crippen LogP) is 2.27. The first-order valence-corrected chi connectivity index (χ1v) is 5.96. The van der Waals surface area contributed by atoms with Crippen LogP contribution >= 0.6 is 11.6 Å². The van der Waals surface area contributed by atoms with Crippen LogP contribution in [0.4, 0.5) is 0 Å². The molecule has 0 saturated carbocycles. The molecule has 19 heavy (non-hydrogen) atoms. The highest BCUT2D eigenvalue weighted by Gasteiger charge is 2.31. The lowest BCUT2D eigenvalue weighted by Gasteiger charge is -2.15. The number of aromatic carboxylic acids is 1. The van der Waals surface area contributed by atoms with Crippen molar-refractivity contribution in [2.45, 2.75) is 19.8 Å². The van der Waals surface area contributed by atoms with Crippen molar-refractivity contribution >= 4 is 29.3 Å². The van der Waals surface area contributed by atoms with Crippen LogP contribution in [0, 0.1) is 0 Å². The maximum atomic E-state index is 11.8. The van der Waals surface area contributed by atoms with E-state index in [-0.39, 0.29) is 22.8 Å². The minimum absolute atomic E-state index is 0.0273. The van der Waals surface area contributed by atoms with Gasteiger partial charge in [0, 0.05) is 0 Å². The molecule has 0 fully saturated rings. The van der Waals surface area contributed by atoms with Crippen LogP contribution in [-0.4, -0.2) is 29.4 Å². The van der Waals surface area contributed by atoms with E-state index in [0.717, 1.165) is 0 Å². The van der Waals surface area contributed by atoms with Gasteiger partial charge in [-0.05, 0) is 25.5 Å². The number of halogens is 1. The second-order valence-corrected chi connectivity index (χ2v) is 4.21. The van der Waals surface area contributed by atoms with E-state index < -0.39 is 23.6 Å². The molecular weight excluding hydrogens is 272 g/mol. The van der Waals surface area contributed by atoms with Crippen molar-refractivity contribution in [3.63, 3.8) is 0 Å². The molecule has 0 aliphatic rings. The van der Waals surface area contributed by atoms with Gasteiger partial charge in [-0.25, -0.2) is 4.79 Å². The highest BCUT2D eigenvalue weighted by Crippen LogP contribution is 2.28. The summed E-state index contributed by atoms with van der Waals surface area (Å²) in [6, 6.07) is 4.26. The molecule has 0 aliphatic heterocycles. The van der Waals surface area contributed by atoms with Crippen LogP contribution in [0.25, 0.3) is 0 Å². The Labute approximate surface area is 115 Å². The predicted molar refractivity (Wildman–Crippen MR) is 68.5 cm³/mol. The fraction of sp³-hybridized carbons (Fsp3) is 0.308. The number of carbonyl (C=O) groups excluding carboxylic acids is 2. The number of carbonyl (C=O) groups is 3. The summed E-state index contributed by atoms with van der Waals surface area (Å²) in [5.74, 6) is -3.84. The zero-order valence-electron chi connectivity index (χ0n) is 10.5. The third kappa shape index (κ3) is 3.32. The molecule has 0 amide bonds. The molecule has 1 unspecified atom stereocenters. The Balaban J connectivity index is 3.39. The van der Waals surface area contributed by atoms with Gasteiger partial charge in [0.15, 0.2) is 0 Å². The van der Waals surface area contributed by atoms with E-state index in [1.165, 1.54) is 25.1 Å². The van der Waals surface area contributed by atoms with Crippen LogP contribution in [0.3, 0.4) is 0 Å². The standard InChI is InChI=1S/C13H13ClO5/c1-3-19-13(18)10(7(2)15)8-5-4-6-9(14)11(8)12(16)17/h4-6,10H,3H2,1-2H3,(H,16,17). The Morgan fingerprint density at radius 2 is 2.00 bits per heavy atom. The normalized spacial score (nSPS) is 11.7. The van der Waals surface area contributed by atoms with Gasteiger partial charge in [-0.2, -0.15) is 0 Å². The van der Waals surface area contributed by atoms with Crippen LogP contribution < -0.4 is 0 Å². The number of hydrogen-bond acceptors (Lipinski definition) is 4. The molecule has 5 nitrogen and oxygen atoms in total. The molecule has 0 aliphatic carbocycles. The van der Waals surface area contributed by atoms with Gasteiger partial charge in [0.25, 0.3) is 0 Å². The van der Waals surface area contributed by atoms with E-state index in [4.69, 9.17) is 21.4 Å². The van der Waals surface area contributed by atoms with Crippen molar-refractivity contribution in [2.24, 2.45) is 0 Å². The molecule has 0 saturated heterocycles. The van der Waals surface area contributed by atoms with Crippen LogP contribution in [0.2, 0.25) is 5.02 Å². The largest absolute Gasteiger partial charge is 0.478 e. The Hall–Kier alpha value is -1.88. The fourth-order valence-electron chi connectivity index (χ4n) is 1.74. The van der Waals surface area contributed by atoms with Crippen LogP contribution in [0.15, 0.2) is 18.2 Å². The Kier molecular flexibility index (Phi) is 5.06. The Morgan fingerprint density at radius 3 is 2.47 bits per heavy atom. The van der Waals surface area contributed by atoms with Crippen LogP contribution in [-0.2, 0) is 14.3 Å². The summed E-state index contributed by atoms with van der Waals surface area (Å²) in [7, 11) is 0. The summed E-state index contributed by atoms with van der Waals surface area (Å²) < 4.78 is 4.80. The molecule has 1 rings (SSSR count). The van der Waals surface area contributed by atoms with E-state index in [9.17, 15) is 14.4 Å². The summed E-state index contributed by atoms with van der Waals surface area (Å²) in [6.07, 6.45) is 0. The summed E-state index contributed by atoms with van der Waals surface area (Å²) in [5, 5.41) is 9.11. The summed E-state index contributed by atoms with van der Waals surface area (Å²) in [5.41, 5.74) is -0.205. The lowest BCUT2D eigenvalue weighted by Crippen LogP contribution is -2.24. The number of benzene rings is 1. The quantitative estimate of drug-likeness (QED) is 0.663. The van der Waals surface area contributed by atoms with Gasteiger partial charge in [-0.15, -0.1) is 0 Å². The molecule has 0 spiro atoms. The second kappa shape index (κ2) is 6.33. The van der Waals surface area contributed by atoms with Crippen molar-refractivity contribution < 1.29 is 24.2 Å². The smallest absolute Gasteiger partial charge is 0.337 e. The first kappa shape index (κ1) is 15.2. The number of esters is 1. The van der Waals surface area contributed by atoms with E-state index in [0.29, 0.717) is 0 Å². The molecule has 0 aromatic heterocycles. The van der Waals surface area contributed by atoms with E-state index >= 15 is 0 Å². The minimum atomic E-state index is -1.30. The van der Waals surface area contributed by atoms with Gasteiger partial charge in [0.2, 0.25) is 0 Å². The fourth-order valence-corrected chi connectivity index (χ4v) is 2.01. The van der Waals surface area contributed by atoms with Gasteiger partial charge in [-0.1, -0.05) is 23.7 Å². The van der Waals surface area contributed by atoms with Crippen molar-refractivity contribution in [1.29, 1.82) is 0 Å². The summed E-state index contributed by atoms with van der Waals surface area (Å²) in [6.45, 7) is 2.91. The Morgan fingerprint density at radius 1 is 1.37 bits per heavy atom. The molecule has 102 valence electrons. The maximum absolute atomic E-state index is 11.8. The average Bonchev–Trinajstić information content (AvgIpc) is 2.28. The SMILES string of the molecule is CCOC(=O)C(C(C)=O)c1cccc(Cl)c1C(=O)O. The van der Waals surface area contributed by atoms with Crippen molar-refractivity contribution in [1.82, 2.24) is 0 Å². The van der Waals surface area contributed by atoms with Gasteiger partial charge in [0.1, 0.15) is 11.7 Å². The summed E-state index contributed by atoms with van der Waals surface area (Å²) in [4.78, 5) is 34.6. The van der Waals surface area contributed by atoms with Crippen molar-refractivity contribution in [3.05, 3.63) is 34.3 Å². The first-order valence-electron chi connectivity index (χ1n) is 5.58. The topological polar surface area (TPSA) is 80.7 Å². The number of rotatable bonds is 5. The molecule has 1 aromatic carbocycles. The zero-order chi connectivity index (χ0) is 14.6. The monoisotopic (exact) mass is 284 g/mol. The lowest BCUT2D eigenvalue weighted by atomic mass is 9.91. The number of hydrogen-bond donors (Lipinski definition) is 1. The number of carboxylic acids is 1. The average molecular weight is 285 g/mol. The van der Waals surface area contributed by atoms with Gasteiger partial charge in [-0.3, -0.25) is 9.59 Å². The van der Waals surface area contributed by atoms with Gasteiger partial charge >= 0.3 is 11.9 Å². The van der Waals surface area contributed by atoms with E-state index in [1.54, 1.807) is 6.92 Å². The number of ether oxygens (including phenoxy) is 1. The molecular formula is C13H13ClO5. The van der Waals surface area contributed by atoms with Crippen molar-refractivity contribution in [2.75, 3.05) is 6.61 Å². The minimum Gasteiger partial charge on any atom is -0.478 e. The molecule has 1 aromatic rings. The summed E-state index contributed by atoms with van der Waals surface area (Å²) >= 11 is 5.81. The molecule has 1 N–H and O–H groups in total. The number of ketones is 1. The highest BCUT2D eigenvalue weighted by molar-refractivity contribution is 6.34. The Bertz CT molecular complexity index is 524. The third-order valence-corrected chi connectivity index (χ3v) is 2.81. The molecule has 0 radical (unpaired) electrons. The highest BCUT2D eigenvalue weighted by atomic mass is 35.5. The van der Waals surface area contributed by atoms with Gasteiger partial charge in [0.05, 0.1) is 17.2 Å². The molecule has 0 heterocycles.